The molecule has 1 aromatic carbocycles. The van der Waals surface area contributed by atoms with Gasteiger partial charge >= 0.3 is 0 Å². The Balaban J connectivity index is 1.84. The van der Waals surface area contributed by atoms with Gasteiger partial charge in [-0.25, -0.2) is 0 Å². The highest BCUT2D eigenvalue weighted by molar-refractivity contribution is 7.80. The molecule has 0 unspecified atom stereocenters. The summed E-state index contributed by atoms with van der Waals surface area (Å²) in [6.45, 7) is 2.47. The SMILES string of the molecule is NC(=S)c1ccc(OCC2CCOCC2)cc1. The van der Waals surface area contributed by atoms with Crippen LogP contribution in [0, 0.1) is 5.92 Å². The first-order chi connectivity index (χ1) is 8.25. The van der Waals surface area contributed by atoms with Gasteiger partial charge in [-0.05, 0) is 43.0 Å². The van der Waals surface area contributed by atoms with Crippen molar-refractivity contribution in [3.05, 3.63) is 29.8 Å². The maximum atomic E-state index is 5.74. The summed E-state index contributed by atoms with van der Waals surface area (Å²) in [5, 5.41) is 0. The summed E-state index contributed by atoms with van der Waals surface area (Å²) in [6.07, 6.45) is 2.18. The van der Waals surface area contributed by atoms with E-state index in [1.165, 1.54) is 0 Å². The smallest absolute Gasteiger partial charge is 0.119 e. The van der Waals surface area contributed by atoms with E-state index in [1.54, 1.807) is 0 Å². The van der Waals surface area contributed by atoms with Gasteiger partial charge in [0.1, 0.15) is 10.7 Å². The summed E-state index contributed by atoms with van der Waals surface area (Å²) in [5.41, 5.74) is 6.40. The summed E-state index contributed by atoms with van der Waals surface area (Å²) in [4.78, 5) is 0.418. The molecule has 2 N–H and O–H groups in total. The van der Waals surface area contributed by atoms with Gasteiger partial charge in [-0.3, -0.25) is 0 Å². The van der Waals surface area contributed by atoms with Gasteiger partial charge in [0.05, 0.1) is 6.61 Å². The number of nitrogens with two attached hydrogens (primary N) is 1. The van der Waals surface area contributed by atoms with E-state index >= 15 is 0 Å². The number of hydrogen-bond donors (Lipinski definition) is 1. The minimum atomic E-state index is 0.418. The molecule has 0 saturated carbocycles. The molecule has 0 aromatic heterocycles. The van der Waals surface area contributed by atoms with Crippen LogP contribution in [-0.2, 0) is 4.74 Å². The molecule has 0 spiro atoms. The van der Waals surface area contributed by atoms with Gasteiger partial charge in [-0.15, -0.1) is 0 Å². The molecular formula is C13H17NO2S. The van der Waals surface area contributed by atoms with E-state index in [0.717, 1.165) is 44.0 Å². The van der Waals surface area contributed by atoms with Crippen molar-refractivity contribution >= 4 is 17.2 Å². The Morgan fingerprint density at radius 1 is 1.29 bits per heavy atom. The first-order valence-corrected chi connectivity index (χ1v) is 6.27. The minimum Gasteiger partial charge on any atom is -0.493 e. The number of thiocarbonyl (C=S) groups is 1. The topological polar surface area (TPSA) is 44.5 Å². The Bertz CT molecular complexity index is 372. The van der Waals surface area contributed by atoms with E-state index in [-0.39, 0.29) is 0 Å². The van der Waals surface area contributed by atoms with Crippen molar-refractivity contribution in [1.82, 2.24) is 0 Å². The number of ether oxygens (including phenoxy) is 2. The van der Waals surface area contributed by atoms with Crippen molar-refractivity contribution in [2.24, 2.45) is 11.7 Å². The maximum absolute atomic E-state index is 5.74. The quantitative estimate of drug-likeness (QED) is 0.833. The molecule has 1 aliphatic heterocycles. The average molecular weight is 251 g/mol. The van der Waals surface area contributed by atoms with Crippen LogP contribution >= 0.6 is 12.2 Å². The fourth-order valence-corrected chi connectivity index (χ4v) is 1.98. The van der Waals surface area contributed by atoms with Gasteiger partial charge in [0.2, 0.25) is 0 Å². The average Bonchev–Trinajstić information content (AvgIpc) is 2.38. The van der Waals surface area contributed by atoms with Crippen molar-refractivity contribution in [3.63, 3.8) is 0 Å². The molecule has 92 valence electrons. The molecule has 4 heteroatoms. The van der Waals surface area contributed by atoms with Crippen LogP contribution in [0.5, 0.6) is 5.75 Å². The van der Waals surface area contributed by atoms with Crippen molar-refractivity contribution in [2.45, 2.75) is 12.8 Å². The maximum Gasteiger partial charge on any atom is 0.119 e. The highest BCUT2D eigenvalue weighted by Gasteiger charge is 2.14. The van der Waals surface area contributed by atoms with Crippen LogP contribution in [0.2, 0.25) is 0 Å². The van der Waals surface area contributed by atoms with Crippen LogP contribution in [0.1, 0.15) is 18.4 Å². The Labute approximate surface area is 107 Å². The molecule has 1 heterocycles. The van der Waals surface area contributed by atoms with Crippen LogP contribution in [0.25, 0.3) is 0 Å². The van der Waals surface area contributed by atoms with E-state index in [1.807, 2.05) is 24.3 Å². The normalized spacial score (nSPS) is 16.7. The van der Waals surface area contributed by atoms with Crippen LogP contribution in [0.15, 0.2) is 24.3 Å². The van der Waals surface area contributed by atoms with E-state index in [0.29, 0.717) is 10.9 Å². The van der Waals surface area contributed by atoms with Gasteiger partial charge in [-0.1, -0.05) is 12.2 Å². The van der Waals surface area contributed by atoms with Gasteiger partial charge in [-0.2, -0.15) is 0 Å². The van der Waals surface area contributed by atoms with Gasteiger partial charge in [0.25, 0.3) is 0 Å². The first-order valence-electron chi connectivity index (χ1n) is 5.86. The second-order valence-corrected chi connectivity index (χ2v) is 4.70. The molecule has 2 rings (SSSR count). The Hall–Kier alpha value is -1.13. The fraction of sp³-hybridized carbons (Fsp3) is 0.462. The summed E-state index contributed by atoms with van der Waals surface area (Å²) in [5.74, 6) is 1.48. The molecule has 0 radical (unpaired) electrons. The molecule has 0 bridgehead atoms. The zero-order valence-corrected chi connectivity index (χ0v) is 10.5. The summed E-state index contributed by atoms with van der Waals surface area (Å²) in [6, 6.07) is 7.60. The lowest BCUT2D eigenvalue weighted by molar-refractivity contribution is 0.0497. The molecular weight excluding hydrogens is 234 g/mol. The largest absolute Gasteiger partial charge is 0.493 e. The van der Waals surface area contributed by atoms with Gasteiger partial charge < -0.3 is 15.2 Å². The standard InChI is InChI=1S/C13H17NO2S/c14-13(17)11-1-3-12(4-2-11)16-9-10-5-7-15-8-6-10/h1-4,10H,5-9H2,(H2,14,17). The lowest BCUT2D eigenvalue weighted by Crippen LogP contribution is -2.21. The fourth-order valence-electron chi connectivity index (χ4n) is 1.84. The molecule has 1 saturated heterocycles. The molecule has 0 atom stereocenters. The second-order valence-electron chi connectivity index (χ2n) is 4.26. The first kappa shape index (κ1) is 12.3. The predicted molar refractivity (Wildman–Crippen MR) is 71.4 cm³/mol. The van der Waals surface area contributed by atoms with E-state index < -0.39 is 0 Å². The zero-order chi connectivity index (χ0) is 12.1. The molecule has 3 nitrogen and oxygen atoms in total. The van der Waals surface area contributed by atoms with E-state index in [2.05, 4.69) is 0 Å². The molecule has 17 heavy (non-hydrogen) atoms. The molecule has 1 aliphatic rings. The molecule has 0 aliphatic carbocycles. The van der Waals surface area contributed by atoms with E-state index in [9.17, 15) is 0 Å². The van der Waals surface area contributed by atoms with Crippen molar-refractivity contribution < 1.29 is 9.47 Å². The van der Waals surface area contributed by atoms with E-state index in [4.69, 9.17) is 27.4 Å². The lowest BCUT2D eigenvalue weighted by Gasteiger charge is -2.22. The van der Waals surface area contributed by atoms with Crippen LogP contribution in [-0.4, -0.2) is 24.8 Å². The van der Waals surface area contributed by atoms with Crippen LogP contribution in [0.4, 0.5) is 0 Å². The number of hydrogen-bond acceptors (Lipinski definition) is 3. The molecule has 1 fully saturated rings. The Morgan fingerprint density at radius 2 is 1.94 bits per heavy atom. The lowest BCUT2D eigenvalue weighted by atomic mass is 10.0. The molecule has 0 amide bonds. The van der Waals surface area contributed by atoms with Crippen LogP contribution < -0.4 is 10.5 Å². The predicted octanol–water partition coefficient (Wildman–Crippen LogP) is 2.13. The summed E-state index contributed by atoms with van der Waals surface area (Å²) < 4.78 is 11.1. The van der Waals surface area contributed by atoms with Gasteiger partial charge in [0.15, 0.2) is 0 Å². The van der Waals surface area contributed by atoms with Crippen molar-refractivity contribution in [1.29, 1.82) is 0 Å². The Kier molecular flexibility index (Phi) is 4.34. The minimum absolute atomic E-state index is 0.418. The van der Waals surface area contributed by atoms with Crippen molar-refractivity contribution in [2.75, 3.05) is 19.8 Å². The summed E-state index contributed by atoms with van der Waals surface area (Å²) in [7, 11) is 0. The number of rotatable bonds is 4. The van der Waals surface area contributed by atoms with Crippen LogP contribution in [0.3, 0.4) is 0 Å². The Morgan fingerprint density at radius 3 is 2.53 bits per heavy atom. The summed E-state index contributed by atoms with van der Waals surface area (Å²) >= 11 is 4.90. The third-order valence-corrected chi connectivity index (χ3v) is 3.20. The highest BCUT2D eigenvalue weighted by atomic mass is 32.1. The zero-order valence-electron chi connectivity index (χ0n) is 9.72. The monoisotopic (exact) mass is 251 g/mol. The van der Waals surface area contributed by atoms with Crippen molar-refractivity contribution in [3.8, 4) is 5.75 Å². The van der Waals surface area contributed by atoms with Gasteiger partial charge in [0, 0.05) is 18.8 Å². The second kappa shape index (κ2) is 5.98. The number of benzene rings is 1. The highest BCUT2D eigenvalue weighted by Crippen LogP contribution is 2.18. The molecule has 1 aromatic rings. The third kappa shape index (κ3) is 3.68. The third-order valence-electron chi connectivity index (χ3n) is 2.97.